The van der Waals surface area contributed by atoms with Gasteiger partial charge < -0.3 is 5.32 Å². The summed E-state index contributed by atoms with van der Waals surface area (Å²) in [5, 5.41) is 32.8. The topological polar surface area (TPSA) is 145 Å². The first-order valence-electron chi connectivity index (χ1n) is 6.60. The number of hydrogen-bond donors (Lipinski definition) is 2. The van der Waals surface area contributed by atoms with E-state index in [2.05, 4.69) is 10.2 Å². The standard InChI is InChI=1S/C14H10FN3O7/c1-7-2-3-8(4-9(7)14(19)25-24)16-11-5-10(15)12(17(20)21)6-13(11)18(22)23/h2-6,16,24H,1H3. The fourth-order valence-electron chi connectivity index (χ4n) is 2.07. The van der Waals surface area contributed by atoms with E-state index in [0.29, 0.717) is 17.7 Å². The Bertz CT molecular complexity index is 885. The van der Waals surface area contributed by atoms with Gasteiger partial charge in [0.15, 0.2) is 0 Å². The summed E-state index contributed by atoms with van der Waals surface area (Å²) in [6.45, 7) is 1.56. The molecule has 0 saturated heterocycles. The van der Waals surface area contributed by atoms with Gasteiger partial charge in [-0.15, -0.1) is 0 Å². The molecule has 2 rings (SSSR count). The zero-order valence-electron chi connectivity index (χ0n) is 12.6. The number of carbonyl (C=O) groups is 1. The Morgan fingerprint density at radius 3 is 2.36 bits per heavy atom. The fourth-order valence-corrected chi connectivity index (χ4v) is 2.07. The van der Waals surface area contributed by atoms with E-state index in [1.54, 1.807) is 6.92 Å². The molecule has 130 valence electrons. The van der Waals surface area contributed by atoms with Crippen LogP contribution in [-0.2, 0) is 4.89 Å². The zero-order chi connectivity index (χ0) is 18.7. The zero-order valence-corrected chi connectivity index (χ0v) is 12.6. The first-order chi connectivity index (χ1) is 11.7. The molecule has 0 spiro atoms. The van der Waals surface area contributed by atoms with Crippen molar-refractivity contribution in [1.82, 2.24) is 0 Å². The van der Waals surface area contributed by atoms with Gasteiger partial charge in [0.2, 0.25) is 5.82 Å². The van der Waals surface area contributed by atoms with Gasteiger partial charge in [-0.1, -0.05) is 6.07 Å². The lowest BCUT2D eigenvalue weighted by Crippen LogP contribution is -2.06. The van der Waals surface area contributed by atoms with Crippen molar-refractivity contribution in [2.45, 2.75) is 6.92 Å². The number of nitrogens with zero attached hydrogens (tertiary/aromatic N) is 2. The molecule has 0 heterocycles. The van der Waals surface area contributed by atoms with Crippen molar-refractivity contribution in [2.24, 2.45) is 0 Å². The monoisotopic (exact) mass is 351 g/mol. The lowest BCUT2D eigenvalue weighted by Gasteiger charge is -2.10. The molecule has 0 aliphatic heterocycles. The molecule has 2 aromatic rings. The van der Waals surface area contributed by atoms with E-state index in [0.717, 1.165) is 0 Å². The van der Waals surface area contributed by atoms with Crippen LogP contribution in [0.15, 0.2) is 30.3 Å². The van der Waals surface area contributed by atoms with Crippen molar-refractivity contribution < 1.29 is 29.2 Å². The summed E-state index contributed by atoms with van der Waals surface area (Å²) in [5.41, 5.74) is -1.54. The number of nitro groups is 2. The van der Waals surface area contributed by atoms with Crippen molar-refractivity contribution in [3.8, 4) is 0 Å². The Kier molecular flexibility index (Phi) is 4.89. The molecule has 0 atom stereocenters. The Morgan fingerprint density at radius 1 is 1.16 bits per heavy atom. The molecule has 2 aromatic carbocycles. The minimum Gasteiger partial charge on any atom is -0.350 e. The number of halogens is 1. The second-order valence-corrected chi connectivity index (χ2v) is 4.87. The Morgan fingerprint density at radius 2 is 1.80 bits per heavy atom. The number of nitro benzene ring substituents is 2. The summed E-state index contributed by atoms with van der Waals surface area (Å²) in [4.78, 5) is 34.9. The largest absolute Gasteiger partial charge is 0.373 e. The maximum atomic E-state index is 13.8. The van der Waals surface area contributed by atoms with E-state index in [-0.39, 0.29) is 16.9 Å². The summed E-state index contributed by atoms with van der Waals surface area (Å²) in [7, 11) is 0. The number of carbonyl (C=O) groups excluding carboxylic acids is 1. The fraction of sp³-hybridized carbons (Fsp3) is 0.0714. The van der Waals surface area contributed by atoms with Crippen LogP contribution >= 0.6 is 0 Å². The molecule has 2 N–H and O–H groups in total. The summed E-state index contributed by atoms with van der Waals surface area (Å²) >= 11 is 0. The molecule has 0 unspecified atom stereocenters. The molecule has 0 radical (unpaired) electrons. The predicted molar refractivity (Wildman–Crippen MR) is 82.2 cm³/mol. The average molecular weight is 351 g/mol. The summed E-state index contributed by atoms with van der Waals surface area (Å²) in [6.07, 6.45) is 0. The average Bonchev–Trinajstić information content (AvgIpc) is 2.55. The first kappa shape index (κ1) is 17.7. The third-order valence-corrected chi connectivity index (χ3v) is 3.28. The van der Waals surface area contributed by atoms with Crippen molar-refractivity contribution in [1.29, 1.82) is 0 Å². The van der Waals surface area contributed by atoms with E-state index in [1.807, 2.05) is 0 Å². The molecule has 10 nitrogen and oxygen atoms in total. The number of rotatable bonds is 5. The SMILES string of the molecule is Cc1ccc(Nc2cc(F)c([N+](=O)[O-])cc2[N+](=O)[O-])cc1C(=O)OO. The van der Waals surface area contributed by atoms with Crippen LogP contribution in [0.2, 0.25) is 0 Å². The van der Waals surface area contributed by atoms with E-state index in [1.165, 1.54) is 18.2 Å². The second-order valence-electron chi connectivity index (χ2n) is 4.87. The van der Waals surface area contributed by atoms with Crippen molar-refractivity contribution >= 4 is 28.7 Å². The van der Waals surface area contributed by atoms with Gasteiger partial charge in [0, 0.05) is 11.8 Å². The van der Waals surface area contributed by atoms with Gasteiger partial charge >= 0.3 is 11.7 Å². The molecule has 11 heteroatoms. The Balaban J connectivity index is 2.50. The first-order valence-corrected chi connectivity index (χ1v) is 6.60. The van der Waals surface area contributed by atoms with Gasteiger partial charge in [0.1, 0.15) is 5.69 Å². The second kappa shape index (κ2) is 6.88. The maximum Gasteiger partial charge on any atom is 0.373 e. The highest BCUT2D eigenvalue weighted by Crippen LogP contribution is 2.34. The molecule has 25 heavy (non-hydrogen) atoms. The number of hydrogen-bond acceptors (Lipinski definition) is 8. The van der Waals surface area contributed by atoms with Crippen molar-refractivity contribution in [3.63, 3.8) is 0 Å². The van der Waals surface area contributed by atoms with Gasteiger partial charge in [0.25, 0.3) is 5.69 Å². The Hall–Kier alpha value is -3.60. The lowest BCUT2D eigenvalue weighted by atomic mass is 10.1. The molecule has 0 fully saturated rings. The smallest absolute Gasteiger partial charge is 0.350 e. The van der Waals surface area contributed by atoms with E-state index < -0.39 is 33.0 Å². The van der Waals surface area contributed by atoms with Gasteiger partial charge in [-0.25, -0.2) is 4.79 Å². The number of benzene rings is 2. The summed E-state index contributed by atoms with van der Waals surface area (Å²) in [6, 6.07) is 5.22. The van der Waals surface area contributed by atoms with Crippen LogP contribution < -0.4 is 5.32 Å². The maximum absolute atomic E-state index is 13.8. The van der Waals surface area contributed by atoms with Gasteiger partial charge in [-0.3, -0.25) is 25.1 Å². The number of aryl methyl sites for hydroxylation is 1. The molecule has 0 aliphatic rings. The highest BCUT2D eigenvalue weighted by Gasteiger charge is 2.25. The van der Waals surface area contributed by atoms with Crippen LogP contribution in [0.1, 0.15) is 15.9 Å². The van der Waals surface area contributed by atoms with Crippen LogP contribution in [0.4, 0.5) is 27.1 Å². The molecule has 0 aromatic heterocycles. The molecule has 0 aliphatic carbocycles. The molecule has 0 bridgehead atoms. The van der Waals surface area contributed by atoms with E-state index >= 15 is 0 Å². The van der Waals surface area contributed by atoms with E-state index in [9.17, 15) is 29.4 Å². The van der Waals surface area contributed by atoms with Crippen LogP contribution in [0.5, 0.6) is 0 Å². The Labute approximate surface area is 138 Å². The highest BCUT2D eigenvalue weighted by atomic mass is 19.1. The van der Waals surface area contributed by atoms with Gasteiger partial charge in [-0.2, -0.15) is 9.65 Å². The number of anilines is 2. The lowest BCUT2D eigenvalue weighted by molar-refractivity contribution is -0.395. The van der Waals surface area contributed by atoms with Crippen LogP contribution in [-0.4, -0.2) is 21.1 Å². The molecule has 0 amide bonds. The third kappa shape index (κ3) is 3.67. The van der Waals surface area contributed by atoms with E-state index in [4.69, 9.17) is 5.26 Å². The van der Waals surface area contributed by atoms with Crippen molar-refractivity contribution in [2.75, 3.05) is 5.32 Å². The summed E-state index contributed by atoms with van der Waals surface area (Å²) < 4.78 is 13.8. The van der Waals surface area contributed by atoms with Crippen molar-refractivity contribution in [3.05, 3.63) is 67.5 Å². The van der Waals surface area contributed by atoms with Crippen LogP contribution in [0.3, 0.4) is 0 Å². The minimum absolute atomic E-state index is 0.0301. The highest BCUT2D eigenvalue weighted by molar-refractivity contribution is 5.92. The quantitative estimate of drug-likeness (QED) is 0.474. The molecule has 0 saturated carbocycles. The summed E-state index contributed by atoms with van der Waals surface area (Å²) in [5.74, 6) is -2.31. The predicted octanol–water partition coefficient (Wildman–Crippen LogP) is 3.32. The third-order valence-electron chi connectivity index (χ3n) is 3.28. The van der Waals surface area contributed by atoms with Gasteiger partial charge in [-0.05, 0) is 24.6 Å². The molecular weight excluding hydrogens is 341 g/mol. The van der Waals surface area contributed by atoms with Gasteiger partial charge in [0.05, 0.1) is 21.5 Å². The number of nitrogens with one attached hydrogen (secondary N) is 1. The van der Waals surface area contributed by atoms with Crippen LogP contribution in [0, 0.1) is 33.0 Å². The normalized spacial score (nSPS) is 10.2. The molecular formula is C14H10FN3O7. The minimum atomic E-state index is -1.26. The van der Waals surface area contributed by atoms with Crippen LogP contribution in [0.25, 0.3) is 0 Å².